The van der Waals surface area contributed by atoms with E-state index in [1.807, 2.05) is 6.07 Å². The predicted molar refractivity (Wildman–Crippen MR) is 58.7 cm³/mol. The molecule has 1 unspecified atom stereocenters. The summed E-state index contributed by atoms with van der Waals surface area (Å²) in [6, 6.07) is 6.14. The molecular formula is C11H10ClNO3. The molecule has 1 rings (SSSR count). The van der Waals surface area contributed by atoms with Crippen LogP contribution in [0.4, 0.5) is 0 Å². The monoisotopic (exact) mass is 239 g/mol. The zero-order chi connectivity index (χ0) is 12.1. The van der Waals surface area contributed by atoms with Crippen LogP contribution in [-0.2, 0) is 0 Å². The summed E-state index contributed by atoms with van der Waals surface area (Å²) in [7, 11) is 0. The Balaban J connectivity index is 3.06. The normalized spacial score (nSPS) is 11.6. The molecule has 1 aromatic carbocycles. The van der Waals surface area contributed by atoms with Crippen LogP contribution in [0, 0.1) is 11.3 Å². The van der Waals surface area contributed by atoms with Gasteiger partial charge in [-0.25, -0.2) is 4.79 Å². The second-order valence-corrected chi connectivity index (χ2v) is 3.53. The van der Waals surface area contributed by atoms with Gasteiger partial charge in [-0.05, 0) is 24.6 Å². The molecule has 0 saturated carbocycles. The molecule has 0 heterocycles. The summed E-state index contributed by atoms with van der Waals surface area (Å²) in [6.07, 6.45) is -0.196. The van der Waals surface area contributed by atoms with Crippen molar-refractivity contribution in [3.8, 4) is 11.8 Å². The maximum Gasteiger partial charge on any atom is 0.339 e. The van der Waals surface area contributed by atoms with E-state index < -0.39 is 12.1 Å². The number of benzene rings is 1. The minimum atomic E-state index is -1.11. The van der Waals surface area contributed by atoms with Crippen molar-refractivity contribution < 1.29 is 14.6 Å². The molecule has 16 heavy (non-hydrogen) atoms. The van der Waals surface area contributed by atoms with Gasteiger partial charge in [-0.15, -0.1) is 0 Å². The fourth-order valence-corrected chi connectivity index (χ4v) is 1.29. The predicted octanol–water partition coefficient (Wildman–Crippen LogP) is 2.72. The third-order valence-corrected chi connectivity index (χ3v) is 2.19. The quantitative estimate of drug-likeness (QED) is 0.877. The number of rotatable bonds is 4. The van der Waals surface area contributed by atoms with Crippen LogP contribution in [0.5, 0.6) is 5.75 Å². The lowest BCUT2D eigenvalue weighted by atomic mass is 10.2. The molecule has 0 amide bonds. The Labute approximate surface area is 98.0 Å². The topological polar surface area (TPSA) is 70.3 Å². The van der Waals surface area contributed by atoms with Gasteiger partial charge in [-0.1, -0.05) is 18.5 Å². The number of nitrogens with zero attached hydrogens (tertiary/aromatic N) is 1. The minimum absolute atomic E-state index is 0.00176. The SMILES string of the molecule is CCC(C#N)Oc1cc(Cl)ccc1C(=O)O. The van der Waals surface area contributed by atoms with E-state index in [4.69, 9.17) is 26.7 Å². The van der Waals surface area contributed by atoms with Crippen molar-refractivity contribution in [2.24, 2.45) is 0 Å². The Hall–Kier alpha value is -1.73. The summed E-state index contributed by atoms with van der Waals surface area (Å²) in [4.78, 5) is 10.9. The van der Waals surface area contributed by atoms with Crippen molar-refractivity contribution in [3.63, 3.8) is 0 Å². The van der Waals surface area contributed by atoms with Gasteiger partial charge < -0.3 is 9.84 Å². The van der Waals surface area contributed by atoms with Crippen molar-refractivity contribution in [3.05, 3.63) is 28.8 Å². The molecular weight excluding hydrogens is 230 g/mol. The molecule has 0 aliphatic carbocycles. The molecule has 0 aromatic heterocycles. The summed E-state index contributed by atoms with van der Waals surface area (Å²) in [5, 5.41) is 18.0. The van der Waals surface area contributed by atoms with Crippen LogP contribution in [-0.4, -0.2) is 17.2 Å². The first kappa shape index (κ1) is 12.3. The van der Waals surface area contributed by atoms with Gasteiger partial charge in [0, 0.05) is 5.02 Å². The second kappa shape index (κ2) is 5.38. The van der Waals surface area contributed by atoms with Crippen molar-refractivity contribution in [1.82, 2.24) is 0 Å². The molecule has 1 N–H and O–H groups in total. The first-order valence-corrected chi connectivity index (χ1v) is 5.05. The van der Waals surface area contributed by atoms with Crippen molar-refractivity contribution >= 4 is 17.6 Å². The largest absolute Gasteiger partial charge is 0.478 e. The van der Waals surface area contributed by atoms with E-state index in [-0.39, 0.29) is 11.3 Å². The first-order valence-electron chi connectivity index (χ1n) is 4.67. The fourth-order valence-electron chi connectivity index (χ4n) is 1.12. The number of hydrogen-bond acceptors (Lipinski definition) is 3. The Kier molecular flexibility index (Phi) is 4.15. The van der Waals surface area contributed by atoms with E-state index in [0.717, 1.165) is 0 Å². The average Bonchev–Trinajstić information content (AvgIpc) is 2.25. The molecule has 1 atom stereocenters. The highest BCUT2D eigenvalue weighted by molar-refractivity contribution is 6.30. The first-order chi connectivity index (χ1) is 7.58. The number of carboxylic acids is 1. The van der Waals surface area contributed by atoms with E-state index >= 15 is 0 Å². The van der Waals surface area contributed by atoms with Crippen molar-refractivity contribution in [1.29, 1.82) is 5.26 Å². The fraction of sp³-hybridized carbons (Fsp3) is 0.273. The van der Waals surface area contributed by atoms with E-state index in [9.17, 15) is 4.79 Å². The molecule has 0 aliphatic heterocycles. The molecule has 84 valence electrons. The van der Waals surface area contributed by atoms with Crippen LogP contribution in [0.1, 0.15) is 23.7 Å². The smallest absolute Gasteiger partial charge is 0.339 e. The Morgan fingerprint density at radius 3 is 2.88 bits per heavy atom. The number of aromatic carboxylic acids is 1. The van der Waals surface area contributed by atoms with Gasteiger partial charge in [-0.3, -0.25) is 0 Å². The Bertz CT molecular complexity index is 439. The van der Waals surface area contributed by atoms with Gasteiger partial charge in [0.05, 0.1) is 0 Å². The van der Waals surface area contributed by atoms with Gasteiger partial charge in [-0.2, -0.15) is 5.26 Å². The van der Waals surface area contributed by atoms with Gasteiger partial charge in [0.25, 0.3) is 0 Å². The Morgan fingerprint density at radius 1 is 1.69 bits per heavy atom. The maximum atomic E-state index is 10.9. The third-order valence-electron chi connectivity index (χ3n) is 1.96. The third kappa shape index (κ3) is 2.88. The zero-order valence-electron chi connectivity index (χ0n) is 8.61. The lowest BCUT2D eigenvalue weighted by Crippen LogP contribution is -2.14. The number of ether oxygens (including phenoxy) is 1. The molecule has 0 fully saturated rings. The summed E-state index contributed by atoms with van der Waals surface area (Å²) >= 11 is 5.74. The summed E-state index contributed by atoms with van der Waals surface area (Å²) in [5.41, 5.74) is -0.00176. The van der Waals surface area contributed by atoms with Crippen LogP contribution in [0.2, 0.25) is 5.02 Å². The van der Waals surface area contributed by atoms with Crippen LogP contribution < -0.4 is 4.74 Å². The molecule has 0 bridgehead atoms. The summed E-state index contributed by atoms with van der Waals surface area (Å²) < 4.78 is 5.26. The van der Waals surface area contributed by atoms with Crippen molar-refractivity contribution in [2.75, 3.05) is 0 Å². The number of carbonyl (C=O) groups is 1. The Morgan fingerprint density at radius 2 is 2.38 bits per heavy atom. The van der Waals surface area contributed by atoms with Gasteiger partial charge in [0.1, 0.15) is 17.4 Å². The van der Waals surface area contributed by atoms with E-state index in [2.05, 4.69) is 0 Å². The average molecular weight is 240 g/mol. The summed E-state index contributed by atoms with van der Waals surface area (Å²) in [6.45, 7) is 1.78. The highest BCUT2D eigenvalue weighted by Gasteiger charge is 2.15. The molecule has 0 saturated heterocycles. The molecule has 0 aliphatic rings. The maximum absolute atomic E-state index is 10.9. The van der Waals surface area contributed by atoms with Crippen molar-refractivity contribution in [2.45, 2.75) is 19.4 Å². The highest BCUT2D eigenvalue weighted by atomic mass is 35.5. The van der Waals surface area contributed by atoms with E-state index in [1.54, 1.807) is 6.92 Å². The van der Waals surface area contributed by atoms with E-state index in [0.29, 0.717) is 11.4 Å². The number of halogens is 1. The van der Waals surface area contributed by atoms with E-state index in [1.165, 1.54) is 18.2 Å². The molecule has 1 aromatic rings. The molecule has 5 heteroatoms. The molecule has 0 radical (unpaired) electrons. The number of carboxylic acid groups (broad SMARTS) is 1. The minimum Gasteiger partial charge on any atom is -0.478 e. The zero-order valence-corrected chi connectivity index (χ0v) is 9.36. The molecule has 4 nitrogen and oxygen atoms in total. The lowest BCUT2D eigenvalue weighted by Gasteiger charge is -2.12. The molecule has 0 spiro atoms. The highest BCUT2D eigenvalue weighted by Crippen LogP contribution is 2.24. The standard InChI is InChI=1S/C11H10ClNO3/c1-2-8(6-13)16-10-5-7(12)3-4-9(10)11(14)15/h3-5,8H,2H2,1H3,(H,14,15). The number of nitriles is 1. The van der Waals surface area contributed by atoms with Crippen LogP contribution >= 0.6 is 11.6 Å². The van der Waals surface area contributed by atoms with Gasteiger partial charge in [0.2, 0.25) is 0 Å². The van der Waals surface area contributed by atoms with Crippen LogP contribution in [0.25, 0.3) is 0 Å². The van der Waals surface area contributed by atoms with Gasteiger partial charge in [0.15, 0.2) is 6.10 Å². The van der Waals surface area contributed by atoms with Crippen LogP contribution in [0.3, 0.4) is 0 Å². The lowest BCUT2D eigenvalue weighted by molar-refractivity contribution is 0.0691. The summed E-state index contributed by atoms with van der Waals surface area (Å²) in [5.74, 6) is -0.993. The van der Waals surface area contributed by atoms with Gasteiger partial charge >= 0.3 is 5.97 Å². The second-order valence-electron chi connectivity index (χ2n) is 3.09. The van der Waals surface area contributed by atoms with Crippen LogP contribution in [0.15, 0.2) is 18.2 Å². The number of hydrogen-bond donors (Lipinski definition) is 1.